The molecule has 0 fully saturated rings. The number of aromatic nitrogens is 4. The van der Waals surface area contributed by atoms with E-state index in [0.29, 0.717) is 21.8 Å². The molecule has 0 unspecified atom stereocenters. The van der Waals surface area contributed by atoms with E-state index in [0.717, 1.165) is 0 Å². The van der Waals surface area contributed by atoms with Crippen molar-refractivity contribution in [2.75, 3.05) is 5.73 Å². The molecular weight excluding hydrogens is 292 g/mol. The van der Waals surface area contributed by atoms with Gasteiger partial charge in [-0.2, -0.15) is 5.10 Å². The highest BCUT2D eigenvalue weighted by molar-refractivity contribution is 6.28. The van der Waals surface area contributed by atoms with Gasteiger partial charge in [0.25, 0.3) is 5.91 Å². The Balaban J connectivity index is 2.90. The summed E-state index contributed by atoms with van der Waals surface area (Å²) >= 11 is 5.85. The number of hydrogen-bond donors (Lipinski definition) is 3. The van der Waals surface area contributed by atoms with Crippen LogP contribution < -0.4 is 22.0 Å². The van der Waals surface area contributed by atoms with Gasteiger partial charge in [-0.15, -0.1) is 0 Å². The molecule has 0 spiro atoms. The van der Waals surface area contributed by atoms with Gasteiger partial charge in [-0.3, -0.25) is 9.89 Å². The molecule has 8 heteroatoms. The van der Waals surface area contributed by atoms with E-state index in [2.05, 4.69) is 26.7 Å². The zero-order valence-corrected chi connectivity index (χ0v) is 12.0. The van der Waals surface area contributed by atoms with E-state index in [1.807, 2.05) is 6.92 Å². The van der Waals surface area contributed by atoms with Crippen LogP contribution >= 0.6 is 11.6 Å². The minimum absolute atomic E-state index is 0.0561. The van der Waals surface area contributed by atoms with Crippen LogP contribution in [0.4, 0.5) is 5.69 Å². The summed E-state index contributed by atoms with van der Waals surface area (Å²) in [5.74, 6) is -0.778. The Morgan fingerprint density at radius 3 is 2.62 bits per heavy atom. The summed E-state index contributed by atoms with van der Waals surface area (Å²) < 4.78 is 0. The number of rotatable bonds is 3. The smallest absolute Gasteiger partial charge is 0.269 e. The molecule has 21 heavy (non-hydrogen) atoms. The Bertz CT molecular complexity index is 839. The van der Waals surface area contributed by atoms with Crippen molar-refractivity contribution in [3.63, 3.8) is 0 Å². The Kier molecular flexibility index (Phi) is 4.04. The topological polar surface area (TPSA) is 124 Å². The maximum absolute atomic E-state index is 11.4. The van der Waals surface area contributed by atoms with E-state index in [9.17, 15) is 4.79 Å². The quantitative estimate of drug-likeness (QED) is 0.673. The molecule has 108 valence electrons. The lowest BCUT2D eigenvalue weighted by Crippen LogP contribution is -2.25. The lowest BCUT2D eigenvalue weighted by Gasteiger charge is -2.08. The molecule has 0 aliphatic carbocycles. The fourth-order valence-electron chi connectivity index (χ4n) is 1.84. The second kappa shape index (κ2) is 5.76. The van der Waals surface area contributed by atoms with E-state index in [4.69, 9.17) is 23.1 Å². The SMILES string of the molecule is C=c1[nH]nc/c1=C(/C=C\C)c1nc(Cl)nc(C(N)=O)c1N. The summed E-state index contributed by atoms with van der Waals surface area (Å²) in [6.45, 7) is 5.67. The molecule has 2 aromatic heterocycles. The van der Waals surface area contributed by atoms with Gasteiger partial charge in [-0.25, -0.2) is 9.97 Å². The maximum Gasteiger partial charge on any atom is 0.269 e. The van der Waals surface area contributed by atoms with E-state index in [1.54, 1.807) is 18.3 Å². The van der Waals surface area contributed by atoms with E-state index >= 15 is 0 Å². The number of H-pyrrole nitrogens is 1. The molecule has 5 N–H and O–H groups in total. The van der Waals surface area contributed by atoms with Crippen LogP contribution in [-0.4, -0.2) is 26.1 Å². The number of carbonyl (C=O) groups excluding carboxylic acids is 1. The van der Waals surface area contributed by atoms with Crippen LogP contribution in [0.1, 0.15) is 23.1 Å². The van der Waals surface area contributed by atoms with Gasteiger partial charge >= 0.3 is 0 Å². The molecule has 0 saturated heterocycles. The van der Waals surface area contributed by atoms with Crippen LogP contribution in [0.3, 0.4) is 0 Å². The van der Waals surface area contributed by atoms with Gasteiger partial charge in [-0.1, -0.05) is 18.7 Å². The van der Waals surface area contributed by atoms with E-state index in [1.165, 1.54) is 0 Å². The average molecular weight is 305 g/mol. The van der Waals surface area contributed by atoms with Crippen molar-refractivity contribution in [1.29, 1.82) is 0 Å². The van der Waals surface area contributed by atoms with Gasteiger partial charge in [0.1, 0.15) is 0 Å². The minimum Gasteiger partial charge on any atom is -0.395 e. The molecule has 0 atom stereocenters. The monoisotopic (exact) mass is 304 g/mol. The molecule has 0 aliphatic heterocycles. The van der Waals surface area contributed by atoms with Crippen LogP contribution in [0, 0.1) is 0 Å². The molecular formula is C13H13ClN6O. The second-order valence-electron chi connectivity index (χ2n) is 4.14. The molecule has 0 bridgehead atoms. The summed E-state index contributed by atoms with van der Waals surface area (Å²) in [5.41, 5.74) is 12.0. The molecule has 7 nitrogen and oxygen atoms in total. The van der Waals surface area contributed by atoms with Crippen molar-refractivity contribution in [2.24, 2.45) is 5.73 Å². The third-order valence-corrected chi connectivity index (χ3v) is 2.92. The molecule has 0 saturated carbocycles. The number of anilines is 1. The Hall–Kier alpha value is -2.67. The Labute approximate surface area is 125 Å². The van der Waals surface area contributed by atoms with Crippen LogP contribution in [0.25, 0.3) is 12.2 Å². The van der Waals surface area contributed by atoms with Crippen LogP contribution in [0.5, 0.6) is 0 Å². The van der Waals surface area contributed by atoms with Crippen molar-refractivity contribution in [1.82, 2.24) is 20.2 Å². The second-order valence-corrected chi connectivity index (χ2v) is 4.48. The minimum atomic E-state index is -0.778. The summed E-state index contributed by atoms with van der Waals surface area (Å²) in [6.07, 6.45) is 5.14. The van der Waals surface area contributed by atoms with Crippen molar-refractivity contribution in [2.45, 2.75) is 6.92 Å². The number of nitrogen functional groups attached to an aromatic ring is 1. The first-order valence-electron chi connectivity index (χ1n) is 5.94. The number of nitrogens with one attached hydrogen (secondary N) is 1. The van der Waals surface area contributed by atoms with Gasteiger partial charge < -0.3 is 11.5 Å². The highest BCUT2D eigenvalue weighted by Gasteiger charge is 2.17. The largest absolute Gasteiger partial charge is 0.395 e. The van der Waals surface area contributed by atoms with Gasteiger partial charge in [0.2, 0.25) is 5.28 Å². The van der Waals surface area contributed by atoms with E-state index < -0.39 is 5.91 Å². The summed E-state index contributed by atoms with van der Waals surface area (Å²) in [7, 11) is 0. The first-order valence-corrected chi connectivity index (χ1v) is 6.32. The zero-order valence-electron chi connectivity index (χ0n) is 11.2. The van der Waals surface area contributed by atoms with Crippen molar-refractivity contribution in [3.05, 3.63) is 45.6 Å². The third kappa shape index (κ3) is 2.77. The standard InChI is InChI=1S/C13H13ClN6O/c1-3-4-7(8-5-17-20-6(8)2)10-9(15)11(12(16)21)19-13(14)18-10/h3-5,20H,2,15H2,1H3,(H2,16,21)/b4-3-,8-7+. The highest BCUT2D eigenvalue weighted by Crippen LogP contribution is 2.22. The molecule has 0 radical (unpaired) electrons. The van der Waals surface area contributed by atoms with Gasteiger partial charge in [0.05, 0.1) is 22.9 Å². The maximum atomic E-state index is 11.4. The van der Waals surface area contributed by atoms with Gasteiger partial charge in [0.15, 0.2) is 5.69 Å². The zero-order chi connectivity index (χ0) is 15.6. The fraction of sp³-hybridized carbons (Fsp3) is 0.0769. The Morgan fingerprint density at radius 2 is 2.10 bits per heavy atom. The number of hydrogen-bond acceptors (Lipinski definition) is 5. The molecule has 2 heterocycles. The number of allylic oxidation sites excluding steroid dienone is 2. The first-order chi connectivity index (χ1) is 9.95. The lowest BCUT2D eigenvalue weighted by molar-refractivity contribution is 0.0996. The summed E-state index contributed by atoms with van der Waals surface area (Å²) in [6, 6.07) is 0. The molecule has 2 aromatic rings. The number of amides is 1. The predicted molar refractivity (Wildman–Crippen MR) is 80.7 cm³/mol. The number of nitrogens with two attached hydrogens (primary N) is 2. The number of carbonyl (C=O) groups is 1. The molecule has 0 aliphatic rings. The lowest BCUT2D eigenvalue weighted by atomic mass is 10.1. The molecule has 2 rings (SSSR count). The van der Waals surface area contributed by atoms with Crippen LogP contribution in [0.2, 0.25) is 5.28 Å². The average Bonchev–Trinajstić information content (AvgIpc) is 2.84. The van der Waals surface area contributed by atoms with Gasteiger partial charge in [0, 0.05) is 10.8 Å². The van der Waals surface area contributed by atoms with Crippen molar-refractivity contribution >= 4 is 35.3 Å². The highest BCUT2D eigenvalue weighted by atomic mass is 35.5. The fourth-order valence-corrected chi connectivity index (χ4v) is 2.01. The number of aromatic amines is 1. The van der Waals surface area contributed by atoms with Crippen molar-refractivity contribution < 1.29 is 4.79 Å². The number of halogens is 1. The first kappa shape index (κ1) is 14.7. The van der Waals surface area contributed by atoms with Crippen LogP contribution in [0.15, 0.2) is 18.3 Å². The predicted octanol–water partition coefficient (Wildman–Crippen LogP) is -0.280. The summed E-state index contributed by atoms with van der Waals surface area (Å²) in [4.78, 5) is 19.2. The van der Waals surface area contributed by atoms with Gasteiger partial charge in [-0.05, 0) is 18.5 Å². The van der Waals surface area contributed by atoms with Crippen LogP contribution in [-0.2, 0) is 0 Å². The molecule has 1 amide bonds. The Morgan fingerprint density at radius 1 is 1.43 bits per heavy atom. The third-order valence-electron chi connectivity index (χ3n) is 2.75. The normalized spacial score (nSPS) is 12.7. The van der Waals surface area contributed by atoms with E-state index in [-0.39, 0.29) is 16.7 Å². The number of primary amides is 1. The summed E-state index contributed by atoms with van der Waals surface area (Å²) in [5, 5.41) is 7.78. The number of nitrogens with zero attached hydrogens (tertiary/aromatic N) is 3. The molecule has 0 aromatic carbocycles. The van der Waals surface area contributed by atoms with Crippen molar-refractivity contribution in [3.8, 4) is 0 Å².